The minimum absolute atomic E-state index is 0.108. The number of hydrogen-bond donors (Lipinski definition) is 0. The van der Waals surface area contributed by atoms with Gasteiger partial charge in [0, 0.05) is 10.8 Å². The van der Waals surface area contributed by atoms with E-state index in [9.17, 15) is 4.79 Å². The van der Waals surface area contributed by atoms with Crippen molar-refractivity contribution < 1.29 is 0 Å². The molecule has 0 aliphatic rings. The average molecular weight is 236 g/mol. The van der Waals surface area contributed by atoms with Crippen molar-refractivity contribution in [3.63, 3.8) is 0 Å². The van der Waals surface area contributed by atoms with Crippen LogP contribution in [0.3, 0.4) is 0 Å². The molecule has 0 radical (unpaired) electrons. The molecule has 90 valence electrons. The van der Waals surface area contributed by atoms with Gasteiger partial charge in [-0.1, -0.05) is 74.5 Å². The van der Waals surface area contributed by atoms with Crippen LogP contribution in [-0.4, -0.2) is 0 Å². The molecule has 0 unspecified atom stereocenters. The van der Waals surface area contributed by atoms with Crippen molar-refractivity contribution in [2.24, 2.45) is 0 Å². The molecule has 0 spiro atoms. The summed E-state index contributed by atoms with van der Waals surface area (Å²) in [5.41, 5.74) is 0.108. The monoisotopic (exact) mass is 236 g/mol. The lowest BCUT2D eigenvalue weighted by atomic mass is 10.1. The maximum atomic E-state index is 12.3. The van der Waals surface area contributed by atoms with Gasteiger partial charge in [-0.3, -0.25) is 4.79 Å². The van der Waals surface area contributed by atoms with Gasteiger partial charge in [0.25, 0.3) is 0 Å². The molecule has 0 aliphatic carbocycles. The Labute approximate surface area is 107 Å². The van der Waals surface area contributed by atoms with Crippen LogP contribution in [0.2, 0.25) is 0 Å². The third-order valence-corrected chi connectivity index (χ3v) is 2.85. The van der Waals surface area contributed by atoms with Gasteiger partial charge in [-0.05, 0) is 10.8 Å². The summed E-state index contributed by atoms with van der Waals surface area (Å²) in [6, 6.07) is 19.4. The quantitative estimate of drug-likeness (QED) is 0.566. The van der Waals surface area contributed by atoms with E-state index < -0.39 is 0 Å². The van der Waals surface area contributed by atoms with Crippen LogP contribution in [0.5, 0.6) is 0 Å². The molecule has 0 saturated heterocycles. The molecule has 0 N–H and O–H groups in total. The zero-order chi connectivity index (χ0) is 13.0. The van der Waals surface area contributed by atoms with Crippen LogP contribution in [0.1, 0.15) is 13.8 Å². The van der Waals surface area contributed by atoms with Crippen LogP contribution in [-0.2, 0) is 0 Å². The SMILES string of the molecule is CC.O=c1c2ccccc2ccc2ccccc12. The second-order valence-electron chi connectivity index (χ2n) is 3.84. The van der Waals surface area contributed by atoms with Crippen molar-refractivity contribution in [1.29, 1.82) is 0 Å². The maximum Gasteiger partial charge on any atom is 0.194 e. The predicted octanol–water partition coefficient (Wildman–Crippen LogP) is 4.38. The predicted molar refractivity (Wildman–Crippen MR) is 79.1 cm³/mol. The molecule has 0 aromatic heterocycles. The molecule has 18 heavy (non-hydrogen) atoms. The third-order valence-electron chi connectivity index (χ3n) is 2.85. The van der Waals surface area contributed by atoms with Gasteiger partial charge in [-0.25, -0.2) is 0 Å². The third kappa shape index (κ3) is 2.12. The number of hydrogen-bond acceptors (Lipinski definition) is 1. The first-order valence-electron chi connectivity index (χ1n) is 6.27. The molecule has 1 heteroatoms. The van der Waals surface area contributed by atoms with Crippen LogP contribution >= 0.6 is 0 Å². The zero-order valence-corrected chi connectivity index (χ0v) is 10.7. The molecular weight excluding hydrogens is 220 g/mol. The summed E-state index contributed by atoms with van der Waals surface area (Å²) in [7, 11) is 0. The molecule has 0 fully saturated rings. The van der Waals surface area contributed by atoms with Gasteiger partial charge in [0.15, 0.2) is 5.43 Å². The Morgan fingerprint density at radius 2 is 1.00 bits per heavy atom. The largest absolute Gasteiger partial charge is 0.289 e. The van der Waals surface area contributed by atoms with E-state index in [1.54, 1.807) is 0 Å². The van der Waals surface area contributed by atoms with E-state index in [1.807, 2.05) is 74.5 Å². The standard InChI is InChI=1S/C15H10O.C2H6/c16-15-13-7-3-1-5-11(13)9-10-12-6-2-4-8-14(12)15;1-2/h1-10H;1-2H3. The van der Waals surface area contributed by atoms with Crippen LogP contribution < -0.4 is 5.43 Å². The zero-order valence-electron chi connectivity index (χ0n) is 10.7. The minimum Gasteiger partial charge on any atom is -0.289 e. The normalized spacial score (nSPS) is 9.89. The van der Waals surface area contributed by atoms with Gasteiger partial charge in [0.1, 0.15) is 0 Å². The number of rotatable bonds is 0. The molecule has 0 aliphatic heterocycles. The Hall–Kier alpha value is -2.15. The van der Waals surface area contributed by atoms with Crippen molar-refractivity contribution >= 4 is 21.5 Å². The van der Waals surface area contributed by atoms with E-state index in [1.165, 1.54) is 0 Å². The van der Waals surface area contributed by atoms with Gasteiger partial charge >= 0.3 is 0 Å². The lowest BCUT2D eigenvalue weighted by molar-refractivity contribution is 1.50. The molecule has 3 rings (SSSR count). The molecule has 3 aromatic carbocycles. The van der Waals surface area contributed by atoms with Gasteiger partial charge < -0.3 is 0 Å². The lowest BCUT2D eigenvalue weighted by Gasteiger charge is -1.90. The van der Waals surface area contributed by atoms with Crippen LogP contribution in [0, 0.1) is 0 Å². The summed E-state index contributed by atoms with van der Waals surface area (Å²) in [5, 5.41) is 3.54. The highest BCUT2D eigenvalue weighted by Gasteiger charge is 1.99. The molecule has 0 amide bonds. The van der Waals surface area contributed by atoms with Crippen molar-refractivity contribution in [2.75, 3.05) is 0 Å². The summed E-state index contributed by atoms with van der Waals surface area (Å²) in [6.45, 7) is 4.00. The molecule has 0 heterocycles. The Balaban J connectivity index is 0.000000574. The first-order valence-corrected chi connectivity index (χ1v) is 6.27. The molecule has 1 nitrogen and oxygen atoms in total. The summed E-state index contributed by atoms with van der Waals surface area (Å²) < 4.78 is 0. The molecule has 0 atom stereocenters. The van der Waals surface area contributed by atoms with Crippen LogP contribution in [0.4, 0.5) is 0 Å². The molecule has 0 saturated carbocycles. The Bertz CT molecular complexity index is 668. The van der Waals surface area contributed by atoms with Crippen molar-refractivity contribution in [2.45, 2.75) is 13.8 Å². The van der Waals surface area contributed by atoms with Crippen LogP contribution in [0.25, 0.3) is 21.5 Å². The van der Waals surface area contributed by atoms with E-state index in [2.05, 4.69) is 0 Å². The summed E-state index contributed by atoms with van der Waals surface area (Å²) >= 11 is 0. The lowest BCUT2D eigenvalue weighted by Crippen LogP contribution is -1.97. The fraction of sp³-hybridized carbons (Fsp3) is 0.118. The van der Waals surface area contributed by atoms with E-state index in [-0.39, 0.29) is 5.43 Å². The van der Waals surface area contributed by atoms with E-state index in [4.69, 9.17) is 0 Å². The topological polar surface area (TPSA) is 17.1 Å². The second kappa shape index (κ2) is 5.46. The average Bonchev–Trinajstić information content (AvgIpc) is 2.60. The smallest absolute Gasteiger partial charge is 0.194 e. The molecular formula is C17H16O. The molecule has 3 aromatic rings. The van der Waals surface area contributed by atoms with Crippen molar-refractivity contribution in [3.8, 4) is 0 Å². The fourth-order valence-corrected chi connectivity index (χ4v) is 2.02. The number of benzene rings is 2. The van der Waals surface area contributed by atoms with E-state index >= 15 is 0 Å². The summed E-state index contributed by atoms with van der Waals surface area (Å²) in [6.07, 6.45) is 0. The van der Waals surface area contributed by atoms with Gasteiger partial charge in [-0.15, -0.1) is 0 Å². The van der Waals surface area contributed by atoms with E-state index in [0.717, 1.165) is 21.5 Å². The minimum atomic E-state index is 0.108. The Kier molecular flexibility index (Phi) is 3.73. The highest BCUT2D eigenvalue weighted by atomic mass is 16.1. The van der Waals surface area contributed by atoms with Gasteiger partial charge in [-0.2, -0.15) is 0 Å². The first kappa shape index (κ1) is 12.3. The maximum absolute atomic E-state index is 12.3. The summed E-state index contributed by atoms with van der Waals surface area (Å²) in [4.78, 5) is 12.3. The Morgan fingerprint density at radius 1 is 0.611 bits per heavy atom. The van der Waals surface area contributed by atoms with Crippen molar-refractivity contribution in [1.82, 2.24) is 0 Å². The summed E-state index contributed by atoms with van der Waals surface area (Å²) in [5.74, 6) is 0. The molecule has 0 bridgehead atoms. The fourth-order valence-electron chi connectivity index (χ4n) is 2.02. The number of fused-ring (bicyclic) bond motifs is 2. The first-order chi connectivity index (χ1) is 8.86. The highest BCUT2D eigenvalue weighted by molar-refractivity contribution is 5.92. The van der Waals surface area contributed by atoms with Crippen LogP contribution in [0.15, 0.2) is 65.5 Å². The van der Waals surface area contributed by atoms with Gasteiger partial charge in [0.05, 0.1) is 0 Å². The Morgan fingerprint density at radius 3 is 1.44 bits per heavy atom. The van der Waals surface area contributed by atoms with Gasteiger partial charge in [0.2, 0.25) is 0 Å². The second-order valence-corrected chi connectivity index (χ2v) is 3.84. The highest BCUT2D eigenvalue weighted by Crippen LogP contribution is 2.14. The van der Waals surface area contributed by atoms with E-state index in [0.29, 0.717) is 0 Å². The van der Waals surface area contributed by atoms with Crippen molar-refractivity contribution in [3.05, 3.63) is 70.9 Å².